The highest BCUT2D eigenvalue weighted by atomic mass is 15.0. The van der Waals surface area contributed by atoms with Gasteiger partial charge < -0.3 is 10.3 Å². The van der Waals surface area contributed by atoms with Gasteiger partial charge in [-0.2, -0.15) is 0 Å². The lowest BCUT2D eigenvalue weighted by atomic mass is 10.0. The van der Waals surface area contributed by atoms with Gasteiger partial charge in [0.2, 0.25) is 0 Å². The van der Waals surface area contributed by atoms with Crippen molar-refractivity contribution in [3.05, 3.63) is 97.1 Å². The summed E-state index contributed by atoms with van der Waals surface area (Å²) < 4.78 is 2.30. The number of hydrogen-bond donors (Lipinski definition) is 1. The maximum absolute atomic E-state index is 6.10. The van der Waals surface area contributed by atoms with Crippen LogP contribution >= 0.6 is 0 Å². The summed E-state index contributed by atoms with van der Waals surface area (Å²) in [5, 5.41) is 2.40. The van der Waals surface area contributed by atoms with Gasteiger partial charge in [-0.05, 0) is 53.6 Å². The van der Waals surface area contributed by atoms with Crippen molar-refractivity contribution in [1.82, 2.24) is 4.57 Å². The second kappa shape index (κ2) is 5.78. The maximum Gasteiger partial charge on any atom is 0.0542 e. The lowest BCUT2D eigenvalue weighted by Crippen LogP contribution is -1.93. The number of nitrogens with two attached hydrogens (primary N) is 1. The van der Waals surface area contributed by atoms with Crippen molar-refractivity contribution in [2.24, 2.45) is 0 Å². The average molecular weight is 334 g/mol. The Kier molecular flexibility index (Phi) is 3.29. The lowest BCUT2D eigenvalue weighted by molar-refractivity contribution is 1.18. The molecule has 1 aromatic heterocycles. The molecule has 0 aliphatic carbocycles. The molecule has 0 radical (unpaired) electrons. The summed E-state index contributed by atoms with van der Waals surface area (Å²) in [6.07, 6.45) is 0. The van der Waals surface area contributed by atoms with Crippen LogP contribution in [0.3, 0.4) is 0 Å². The minimum absolute atomic E-state index is 0.787. The Balaban J connectivity index is 1.87. The van der Waals surface area contributed by atoms with Crippen LogP contribution in [0.25, 0.3) is 38.6 Å². The summed E-state index contributed by atoms with van der Waals surface area (Å²) in [6.45, 7) is 0. The Bertz CT molecular complexity index is 1220. The second-order valence-corrected chi connectivity index (χ2v) is 6.55. The largest absolute Gasteiger partial charge is 0.399 e. The van der Waals surface area contributed by atoms with Crippen molar-refractivity contribution >= 4 is 27.5 Å². The summed E-state index contributed by atoms with van der Waals surface area (Å²) >= 11 is 0. The highest BCUT2D eigenvalue weighted by molar-refractivity contribution is 6.11. The molecular weight excluding hydrogens is 316 g/mol. The summed E-state index contributed by atoms with van der Waals surface area (Å²) in [6, 6.07) is 33.8. The number of para-hydroxylation sites is 1. The Morgan fingerprint density at radius 3 is 1.88 bits per heavy atom. The van der Waals surface area contributed by atoms with Gasteiger partial charge in [0.15, 0.2) is 0 Å². The number of anilines is 1. The van der Waals surface area contributed by atoms with E-state index in [4.69, 9.17) is 5.73 Å². The normalized spacial score (nSPS) is 11.2. The first-order valence-electron chi connectivity index (χ1n) is 8.76. The van der Waals surface area contributed by atoms with Crippen molar-refractivity contribution in [1.29, 1.82) is 0 Å². The van der Waals surface area contributed by atoms with Crippen LogP contribution in [-0.2, 0) is 0 Å². The summed E-state index contributed by atoms with van der Waals surface area (Å²) in [7, 11) is 0. The highest BCUT2D eigenvalue weighted by Gasteiger charge is 2.13. The first-order chi connectivity index (χ1) is 12.8. The maximum atomic E-state index is 6.10. The molecular formula is C24H18N2. The lowest BCUT2D eigenvalue weighted by Gasteiger charge is -2.08. The fourth-order valence-electron chi connectivity index (χ4n) is 3.71. The fourth-order valence-corrected chi connectivity index (χ4v) is 3.71. The van der Waals surface area contributed by atoms with Gasteiger partial charge in [0, 0.05) is 22.1 Å². The Morgan fingerprint density at radius 1 is 0.538 bits per heavy atom. The molecule has 0 bridgehead atoms. The average Bonchev–Trinajstić information content (AvgIpc) is 3.02. The van der Waals surface area contributed by atoms with Crippen LogP contribution < -0.4 is 5.73 Å². The number of nitrogen functional groups attached to an aromatic ring is 1. The van der Waals surface area contributed by atoms with Crippen LogP contribution in [0.15, 0.2) is 97.1 Å². The van der Waals surface area contributed by atoms with Gasteiger partial charge in [-0.15, -0.1) is 0 Å². The quantitative estimate of drug-likeness (QED) is 0.392. The van der Waals surface area contributed by atoms with Crippen molar-refractivity contribution in [2.45, 2.75) is 0 Å². The van der Waals surface area contributed by atoms with E-state index in [9.17, 15) is 0 Å². The third kappa shape index (κ3) is 2.27. The SMILES string of the molecule is Nc1ccc2c(c1)c1cc(-c3ccccc3)ccc1n2-c1ccccc1. The molecule has 1 heterocycles. The molecule has 0 unspecified atom stereocenters. The minimum atomic E-state index is 0.787. The highest BCUT2D eigenvalue weighted by Crippen LogP contribution is 2.35. The van der Waals surface area contributed by atoms with E-state index in [2.05, 4.69) is 83.4 Å². The second-order valence-electron chi connectivity index (χ2n) is 6.55. The van der Waals surface area contributed by atoms with Crippen LogP contribution in [0.2, 0.25) is 0 Å². The predicted molar refractivity (Wildman–Crippen MR) is 111 cm³/mol. The molecule has 2 nitrogen and oxygen atoms in total. The zero-order chi connectivity index (χ0) is 17.5. The van der Waals surface area contributed by atoms with Crippen LogP contribution in [0.5, 0.6) is 0 Å². The van der Waals surface area contributed by atoms with Crippen molar-refractivity contribution in [2.75, 3.05) is 5.73 Å². The van der Waals surface area contributed by atoms with Crippen LogP contribution in [0.1, 0.15) is 0 Å². The third-order valence-corrected chi connectivity index (χ3v) is 4.91. The standard InChI is InChI=1S/C24H18N2/c25-19-12-14-24-22(16-19)21-15-18(17-7-3-1-4-8-17)11-13-23(21)26(24)20-9-5-2-6-10-20/h1-16H,25H2. The molecule has 124 valence electrons. The van der Waals surface area contributed by atoms with E-state index >= 15 is 0 Å². The fraction of sp³-hybridized carbons (Fsp3) is 0. The van der Waals surface area contributed by atoms with Crippen LogP contribution in [0, 0.1) is 0 Å². The van der Waals surface area contributed by atoms with Gasteiger partial charge in [-0.3, -0.25) is 0 Å². The molecule has 0 aliphatic heterocycles. The first-order valence-corrected chi connectivity index (χ1v) is 8.76. The van der Waals surface area contributed by atoms with E-state index in [-0.39, 0.29) is 0 Å². The smallest absolute Gasteiger partial charge is 0.0542 e. The molecule has 0 fully saturated rings. The molecule has 0 atom stereocenters. The molecule has 2 heteroatoms. The van der Waals surface area contributed by atoms with Gasteiger partial charge in [-0.1, -0.05) is 54.6 Å². The van der Waals surface area contributed by atoms with Gasteiger partial charge in [0.05, 0.1) is 11.0 Å². The number of nitrogens with zero attached hydrogens (tertiary/aromatic N) is 1. The summed E-state index contributed by atoms with van der Waals surface area (Å²) in [5.41, 5.74) is 12.8. The molecule has 26 heavy (non-hydrogen) atoms. The summed E-state index contributed by atoms with van der Waals surface area (Å²) in [4.78, 5) is 0. The molecule has 0 amide bonds. The number of hydrogen-bond acceptors (Lipinski definition) is 1. The molecule has 2 N–H and O–H groups in total. The molecule has 5 aromatic rings. The predicted octanol–water partition coefficient (Wildman–Crippen LogP) is 6.03. The van der Waals surface area contributed by atoms with Gasteiger partial charge >= 0.3 is 0 Å². The number of benzene rings is 4. The van der Waals surface area contributed by atoms with E-state index in [1.54, 1.807) is 0 Å². The molecule has 0 saturated carbocycles. The third-order valence-electron chi connectivity index (χ3n) is 4.91. The molecule has 5 rings (SSSR count). The van der Waals surface area contributed by atoms with E-state index in [1.165, 1.54) is 32.9 Å². The van der Waals surface area contributed by atoms with Crippen molar-refractivity contribution in [3.63, 3.8) is 0 Å². The van der Waals surface area contributed by atoms with Crippen LogP contribution in [0.4, 0.5) is 5.69 Å². The Morgan fingerprint density at radius 2 is 1.15 bits per heavy atom. The monoisotopic (exact) mass is 334 g/mol. The Hall–Kier alpha value is -3.52. The van der Waals surface area contributed by atoms with Crippen LogP contribution in [-0.4, -0.2) is 4.57 Å². The number of fused-ring (bicyclic) bond motifs is 3. The van der Waals surface area contributed by atoms with Crippen molar-refractivity contribution in [3.8, 4) is 16.8 Å². The Labute approximate surface area is 152 Å². The zero-order valence-electron chi connectivity index (χ0n) is 14.3. The van der Waals surface area contributed by atoms with Gasteiger partial charge in [0.25, 0.3) is 0 Å². The first kappa shape index (κ1) is 14.8. The molecule has 0 aliphatic rings. The zero-order valence-corrected chi connectivity index (χ0v) is 14.3. The minimum Gasteiger partial charge on any atom is -0.399 e. The number of aromatic nitrogens is 1. The van der Waals surface area contributed by atoms with E-state index in [1.807, 2.05) is 18.2 Å². The van der Waals surface area contributed by atoms with Crippen molar-refractivity contribution < 1.29 is 0 Å². The van der Waals surface area contributed by atoms with E-state index in [0.717, 1.165) is 11.4 Å². The molecule has 4 aromatic carbocycles. The molecule has 0 spiro atoms. The van der Waals surface area contributed by atoms with Gasteiger partial charge in [0.1, 0.15) is 0 Å². The van der Waals surface area contributed by atoms with Gasteiger partial charge in [-0.25, -0.2) is 0 Å². The molecule has 0 saturated heterocycles. The topological polar surface area (TPSA) is 30.9 Å². The summed E-state index contributed by atoms with van der Waals surface area (Å²) in [5.74, 6) is 0. The van der Waals surface area contributed by atoms with E-state index in [0.29, 0.717) is 0 Å². The number of rotatable bonds is 2. The van der Waals surface area contributed by atoms with E-state index < -0.39 is 0 Å².